The minimum atomic E-state index is -0.714. The predicted molar refractivity (Wildman–Crippen MR) is 111 cm³/mol. The molecule has 0 radical (unpaired) electrons. The van der Waals surface area contributed by atoms with Crippen LogP contribution in [0, 0.1) is 0 Å². The van der Waals surface area contributed by atoms with Gasteiger partial charge in [0, 0.05) is 29.8 Å². The molecular weight excluding hydrogens is 422 g/mol. The molecule has 11 nitrogen and oxygen atoms in total. The quantitative estimate of drug-likeness (QED) is 0.284. The van der Waals surface area contributed by atoms with Crippen molar-refractivity contribution in [2.24, 2.45) is 0 Å². The fraction of sp³-hybridized carbons (Fsp3) is 0.524. The van der Waals surface area contributed by atoms with Gasteiger partial charge in [-0.1, -0.05) is 6.07 Å². The first-order valence-electron chi connectivity index (χ1n) is 10.4. The molecule has 1 aromatic carbocycles. The number of anilines is 1. The molecular formula is C21H27N3O8. The van der Waals surface area contributed by atoms with Crippen LogP contribution in [-0.2, 0) is 35.1 Å². The van der Waals surface area contributed by atoms with Gasteiger partial charge in [0.05, 0.1) is 39.6 Å². The summed E-state index contributed by atoms with van der Waals surface area (Å²) in [5, 5.41) is 13.6. The predicted octanol–water partition coefficient (Wildman–Crippen LogP) is -0.572. The second-order valence-electron chi connectivity index (χ2n) is 7.28. The Bertz CT molecular complexity index is 859. The Morgan fingerprint density at radius 3 is 2.53 bits per heavy atom. The Labute approximate surface area is 185 Å². The van der Waals surface area contributed by atoms with Crippen molar-refractivity contribution in [2.75, 3.05) is 51.6 Å². The van der Waals surface area contributed by atoms with Crippen LogP contribution in [0.3, 0.4) is 0 Å². The van der Waals surface area contributed by atoms with Crippen LogP contribution in [0.25, 0.3) is 0 Å². The lowest BCUT2D eigenvalue weighted by molar-refractivity contribution is -0.137. The van der Waals surface area contributed by atoms with Crippen LogP contribution < -0.4 is 10.6 Å². The molecule has 1 unspecified atom stereocenters. The van der Waals surface area contributed by atoms with Crippen molar-refractivity contribution in [2.45, 2.75) is 25.4 Å². The molecule has 32 heavy (non-hydrogen) atoms. The number of carbonyl (C=O) groups is 4. The first-order valence-corrected chi connectivity index (χ1v) is 10.4. The molecule has 0 aliphatic carbocycles. The first kappa shape index (κ1) is 23.8. The van der Waals surface area contributed by atoms with Crippen molar-refractivity contribution in [3.8, 4) is 0 Å². The molecule has 2 aliphatic heterocycles. The second-order valence-corrected chi connectivity index (χ2v) is 7.28. The standard InChI is InChI=1S/C21H27N3O8/c25-6-7-30-8-9-31-10-11-32-13-19(27)22-16-3-1-2-14-15(16)12-24(21(14)29)17-4-5-18(26)23-20(17)28/h1-3,17,25H,4-13H2,(H,22,27)(H,23,26,28). The van der Waals surface area contributed by atoms with E-state index < -0.39 is 11.9 Å². The summed E-state index contributed by atoms with van der Waals surface area (Å²) in [6.45, 7) is 1.47. The van der Waals surface area contributed by atoms with Crippen LogP contribution in [0.1, 0.15) is 28.8 Å². The third-order valence-corrected chi connectivity index (χ3v) is 5.07. The molecule has 1 saturated heterocycles. The highest BCUT2D eigenvalue weighted by atomic mass is 16.5. The largest absolute Gasteiger partial charge is 0.394 e. The zero-order chi connectivity index (χ0) is 22.9. The minimum Gasteiger partial charge on any atom is -0.394 e. The average Bonchev–Trinajstić information content (AvgIpc) is 3.10. The molecule has 0 saturated carbocycles. The number of aliphatic hydroxyl groups excluding tert-OH is 1. The fourth-order valence-electron chi connectivity index (χ4n) is 3.56. The van der Waals surface area contributed by atoms with Crippen molar-refractivity contribution >= 4 is 29.3 Å². The van der Waals surface area contributed by atoms with E-state index in [0.717, 1.165) is 0 Å². The molecule has 1 atom stereocenters. The van der Waals surface area contributed by atoms with E-state index in [1.54, 1.807) is 18.2 Å². The molecule has 1 aromatic rings. The normalized spacial score (nSPS) is 18.0. The summed E-state index contributed by atoms with van der Waals surface area (Å²) in [6.07, 6.45) is 0.451. The van der Waals surface area contributed by atoms with Crippen LogP contribution in [0.15, 0.2) is 18.2 Å². The number of fused-ring (bicyclic) bond motifs is 1. The molecule has 174 valence electrons. The topological polar surface area (TPSA) is 144 Å². The van der Waals surface area contributed by atoms with Gasteiger partial charge in [-0.05, 0) is 18.6 Å². The minimum absolute atomic E-state index is 0.0358. The molecule has 11 heteroatoms. The van der Waals surface area contributed by atoms with Crippen LogP contribution in [0.2, 0.25) is 0 Å². The van der Waals surface area contributed by atoms with Gasteiger partial charge in [-0.25, -0.2) is 0 Å². The summed E-state index contributed by atoms with van der Waals surface area (Å²) >= 11 is 0. The highest BCUT2D eigenvalue weighted by Gasteiger charge is 2.39. The van der Waals surface area contributed by atoms with Crippen LogP contribution in [0.5, 0.6) is 0 Å². The van der Waals surface area contributed by atoms with Crippen molar-refractivity contribution in [3.63, 3.8) is 0 Å². The maximum atomic E-state index is 12.8. The van der Waals surface area contributed by atoms with Gasteiger partial charge in [0.15, 0.2) is 0 Å². The molecule has 4 amide bonds. The number of imide groups is 1. The Balaban J connectivity index is 1.46. The molecule has 1 fully saturated rings. The van der Waals surface area contributed by atoms with E-state index in [1.165, 1.54) is 4.90 Å². The lowest BCUT2D eigenvalue weighted by Gasteiger charge is -2.29. The summed E-state index contributed by atoms with van der Waals surface area (Å²) in [5.41, 5.74) is 1.53. The number of nitrogens with zero attached hydrogens (tertiary/aromatic N) is 1. The van der Waals surface area contributed by atoms with Crippen molar-refractivity contribution < 1.29 is 38.5 Å². The third-order valence-electron chi connectivity index (χ3n) is 5.07. The van der Waals surface area contributed by atoms with E-state index in [2.05, 4.69) is 10.6 Å². The Hall–Kier alpha value is -2.86. The summed E-state index contributed by atoms with van der Waals surface area (Å²) in [6, 6.07) is 4.28. The number of carbonyl (C=O) groups excluding carboxylic acids is 4. The van der Waals surface area contributed by atoms with Crippen molar-refractivity contribution in [1.82, 2.24) is 10.2 Å². The number of hydrogen-bond donors (Lipinski definition) is 3. The van der Waals surface area contributed by atoms with Gasteiger partial charge in [-0.2, -0.15) is 0 Å². The molecule has 0 aromatic heterocycles. The molecule has 0 spiro atoms. The number of ether oxygens (including phenoxy) is 3. The summed E-state index contributed by atoms with van der Waals surface area (Å²) in [7, 11) is 0. The van der Waals surface area contributed by atoms with Crippen molar-refractivity contribution in [3.05, 3.63) is 29.3 Å². The van der Waals surface area contributed by atoms with Gasteiger partial charge in [-0.3, -0.25) is 24.5 Å². The number of amides is 4. The number of hydrogen-bond acceptors (Lipinski definition) is 8. The van der Waals surface area contributed by atoms with E-state index in [0.29, 0.717) is 36.6 Å². The fourth-order valence-corrected chi connectivity index (χ4v) is 3.56. The second kappa shape index (κ2) is 11.7. The van der Waals surface area contributed by atoms with E-state index in [9.17, 15) is 19.2 Å². The lowest BCUT2D eigenvalue weighted by atomic mass is 10.0. The van der Waals surface area contributed by atoms with Gasteiger partial charge in [-0.15, -0.1) is 0 Å². The van der Waals surface area contributed by atoms with Gasteiger partial charge in [0.2, 0.25) is 17.7 Å². The zero-order valence-corrected chi connectivity index (χ0v) is 17.6. The van der Waals surface area contributed by atoms with E-state index in [1.807, 2.05) is 0 Å². The zero-order valence-electron chi connectivity index (χ0n) is 17.6. The monoisotopic (exact) mass is 449 g/mol. The highest BCUT2D eigenvalue weighted by Crippen LogP contribution is 2.32. The lowest BCUT2D eigenvalue weighted by Crippen LogP contribution is -2.52. The maximum absolute atomic E-state index is 12.8. The van der Waals surface area contributed by atoms with Crippen LogP contribution >= 0.6 is 0 Å². The van der Waals surface area contributed by atoms with Gasteiger partial charge < -0.3 is 29.5 Å². The van der Waals surface area contributed by atoms with Gasteiger partial charge in [0.25, 0.3) is 5.91 Å². The highest BCUT2D eigenvalue weighted by molar-refractivity contribution is 6.06. The number of nitrogens with one attached hydrogen (secondary N) is 2. The van der Waals surface area contributed by atoms with E-state index in [4.69, 9.17) is 19.3 Å². The molecule has 3 rings (SSSR count). The van der Waals surface area contributed by atoms with E-state index in [-0.39, 0.29) is 63.5 Å². The molecule has 2 aliphatic rings. The molecule has 3 N–H and O–H groups in total. The van der Waals surface area contributed by atoms with Gasteiger partial charge >= 0.3 is 0 Å². The van der Waals surface area contributed by atoms with E-state index >= 15 is 0 Å². The van der Waals surface area contributed by atoms with Gasteiger partial charge in [0.1, 0.15) is 12.6 Å². The van der Waals surface area contributed by atoms with Crippen LogP contribution in [0.4, 0.5) is 5.69 Å². The summed E-state index contributed by atoms with van der Waals surface area (Å²) in [5.74, 6) is -1.51. The SMILES string of the molecule is O=C1CCC(N2Cc3c(NC(=O)COCCOCCOCCO)cccc3C2=O)C(=O)N1. The Morgan fingerprint density at radius 2 is 1.81 bits per heavy atom. The third kappa shape index (κ3) is 6.10. The Kier molecular flexibility index (Phi) is 8.68. The average molecular weight is 449 g/mol. The Morgan fingerprint density at radius 1 is 1.09 bits per heavy atom. The summed E-state index contributed by atoms with van der Waals surface area (Å²) in [4.78, 5) is 50.0. The number of aliphatic hydroxyl groups is 1. The van der Waals surface area contributed by atoms with Crippen LogP contribution in [-0.4, -0.2) is 85.9 Å². The number of rotatable bonds is 12. The first-order chi connectivity index (χ1) is 15.5. The smallest absolute Gasteiger partial charge is 0.255 e. The molecule has 2 heterocycles. The summed E-state index contributed by atoms with van der Waals surface area (Å²) < 4.78 is 15.6. The number of benzene rings is 1. The number of piperidine rings is 1. The van der Waals surface area contributed by atoms with Crippen molar-refractivity contribution in [1.29, 1.82) is 0 Å². The molecule has 0 bridgehead atoms. The maximum Gasteiger partial charge on any atom is 0.255 e.